The highest BCUT2D eigenvalue weighted by molar-refractivity contribution is 6.12. The monoisotopic (exact) mass is 1490 g/mol. The van der Waals surface area contributed by atoms with Crippen LogP contribution in [0.1, 0.15) is 87.7 Å². The molecule has 0 atom stereocenters. The molecular weight excluding hydrogens is 1350 g/mol. The summed E-state index contributed by atoms with van der Waals surface area (Å²) in [7, 11) is 0. The maximum absolute atomic E-state index is 10.2. The summed E-state index contributed by atoms with van der Waals surface area (Å²) in [5, 5.41) is -0.230. The van der Waals surface area contributed by atoms with Gasteiger partial charge in [-0.25, -0.2) is 0 Å². The number of nitrogens with zero attached hydrogens (tertiary/aromatic N) is 4. The lowest BCUT2D eigenvalue weighted by atomic mass is 9.97. The van der Waals surface area contributed by atoms with Crippen molar-refractivity contribution in [1.29, 1.82) is 0 Å². The standard InChI is InChI=1S/2C54H38N2/c2*1-4-15-39(16-5-1)41-27-29-43(30-28-41)49-23-10-12-25-52(49)55(47-34-31-42(32-35-47)40-17-6-2-7-18-40)48-22-14-19-44(37-48)45-33-36-54-51(38-45)50-24-11-13-26-53(50)56(54)46-20-8-3-9-21-46/h2*1-38H/i1D,2D,3D,4D,5D,6D,7D,8D,9D,10D,11D,12D,13D,14D,15D,16D,17D,18D,19D,20D,21D,22D,23D,24D,25D,26D,27D,28D,29D,30D,31D,32D,33D,34D,35D,36D,37D,38D;1D,2D,4D,5D,6D,7D,10D,12D,14D,15D,16D,17D,18D,19D,22D,23D,25D,27D,28D,29D,30D,31D,32D,34D,35D,37D. The molecule has 0 radical (unpaired) electrons. The Hall–Kier alpha value is -14.8. The van der Waals surface area contributed by atoms with Crippen molar-refractivity contribution < 1.29 is 87.7 Å². The SMILES string of the molecule is [2H]c1c([2H])c([2H])c(-c2c([2H])c([2H])c(-c3c([2H])c([2H])c([2H])c([2H])c3N(c3c([2H])c([2H])c(-c4c([2H])c([2H])c([2H])c([2H])c4[2H])c([2H])c3[2H])c3c([2H])c([2H])c([2H])c(-c4c([2H])c([2H])c5c(c4[2H])c4c([2H])c([2H])c([2H])c([2H])c4n5-c4c([2H])c([2H])c([2H])c([2H])c4[2H])c3[2H])c([2H])c2[2H])c([2H])c1[2H].[2H]c1c([2H])c([2H])c(-c2c([2H])c([2H])c(-c3c([2H])c([2H])c([2H])c([2H])c3N(c3c([2H])c([2H])c(-c4c([2H])c([2H])c([2H])c([2H])c4[2H])c([2H])c3[2H])c3c([2H])c([2H])c([2H])c(-c4ccc5c(c4)c4ccccc4n5-c4ccccc4)c3[2H])c([2H])c2[2H])c([2H])c1[2H]. The van der Waals surface area contributed by atoms with Crippen LogP contribution in [0.3, 0.4) is 0 Å². The maximum atomic E-state index is 10.2. The van der Waals surface area contributed by atoms with Gasteiger partial charge in [-0.3, -0.25) is 0 Å². The van der Waals surface area contributed by atoms with E-state index in [9.17, 15) is 42.5 Å². The second kappa shape index (κ2) is 30.4. The summed E-state index contributed by atoms with van der Waals surface area (Å²) < 4.78 is 582. The lowest BCUT2D eigenvalue weighted by molar-refractivity contribution is 1.18. The molecule has 18 aromatic carbocycles. The quantitative estimate of drug-likeness (QED) is 0.0959. The minimum absolute atomic E-state index is 0.0715. The number of para-hydroxylation sites is 6. The van der Waals surface area contributed by atoms with E-state index in [0.717, 1.165) is 11.2 Å². The van der Waals surface area contributed by atoms with Crippen LogP contribution in [0, 0.1) is 0 Å². The normalized spacial score (nSPS) is 19.2. The first-order valence-electron chi connectivity index (χ1n) is 65.2. The van der Waals surface area contributed by atoms with Crippen LogP contribution in [0.4, 0.5) is 34.1 Å². The Labute approximate surface area is 743 Å². The van der Waals surface area contributed by atoms with Crippen LogP contribution < -0.4 is 9.80 Å². The molecule has 0 saturated carbocycles. The molecule has 4 heteroatoms. The fraction of sp³-hybridized carbons (Fsp3) is 0. The topological polar surface area (TPSA) is 16.3 Å². The van der Waals surface area contributed by atoms with Gasteiger partial charge in [0.1, 0.15) is 0 Å². The van der Waals surface area contributed by atoms with Crippen molar-refractivity contribution >= 4 is 77.7 Å². The smallest absolute Gasteiger partial charge is 0.0651 e. The van der Waals surface area contributed by atoms with Crippen LogP contribution in [0.15, 0.2) is 460 Å². The summed E-state index contributed by atoms with van der Waals surface area (Å²) in [5.74, 6) is 0. The van der Waals surface area contributed by atoms with E-state index in [1.807, 2.05) is 53.1 Å². The first-order chi connectivity index (χ1) is 82.2. The van der Waals surface area contributed by atoms with Crippen molar-refractivity contribution in [1.82, 2.24) is 9.13 Å². The molecule has 528 valence electrons. The van der Waals surface area contributed by atoms with Crippen molar-refractivity contribution in [3.63, 3.8) is 0 Å². The fourth-order valence-corrected chi connectivity index (χ4v) is 12.1. The summed E-state index contributed by atoms with van der Waals surface area (Å²) >= 11 is 0. The molecule has 20 rings (SSSR count). The molecule has 112 heavy (non-hydrogen) atoms. The second-order valence-electron chi connectivity index (χ2n) is 23.4. The van der Waals surface area contributed by atoms with Crippen LogP contribution >= 0.6 is 0 Å². The van der Waals surface area contributed by atoms with Gasteiger partial charge in [-0.15, -0.1) is 0 Å². The van der Waals surface area contributed by atoms with Gasteiger partial charge in [-0.1, -0.05) is 339 Å². The van der Waals surface area contributed by atoms with Crippen molar-refractivity contribution in [2.45, 2.75) is 0 Å². The van der Waals surface area contributed by atoms with E-state index in [4.69, 9.17) is 45.2 Å². The van der Waals surface area contributed by atoms with Crippen LogP contribution in [0.2, 0.25) is 0 Å². The van der Waals surface area contributed by atoms with Crippen LogP contribution in [-0.2, 0) is 0 Å². The lowest BCUT2D eigenvalue weighted by Crippen LogP contribution is -2.11. The average Bonchev–Trinajstić information content (AvgIpc) is 1.51. The van der Waals surface area contributed by atoms with E-state index in [2.05, 4.69) is 0 Å². The Balaban J connectivity index is 0.000000216. The van der Waals surface area contributed by atoms with Gasteiger partial charge in [0, 0.05) is 66.8 Å². The Bertz CT molecular complexity index is 10600. The molecule has 0 aliphatic heterocycles. The zero-order chi connectivity index (χ0) is 130. The summed E-state index contributed by atoms with van der Waals surface area (Å²) in [6, 6.07) is -49.1. The molecule has 0 unspecified atom stereocenters. The van der Waals surface area contributed by atoms with Gasteiger partial charge in [0.25, 0.3) is 0 Å². The van der Waals surface area contributed by atoms with Crippen LogP contribution in [0.5, 0.6) is 0 Å². The molecule has 0 spiro atoms. The molecule has 0 fully saturated rings. The molecule has 4 nitrogen and oxygen atoms in total. The van der Waals surface area contributed by atoms with Crippen molar-refractivity contribution in [3.8, 4) is 100 Å². The van der Waals surface area contributed by atoms with Crippen LogP contribution in [-0.4, -0.2) is 9.13 Å². The zero-order valence-corrected chi connectivity index (χ0v) is 56.7. The number of hydrogen-bond donors (Lipinski definition) is 0. The Morgan fingerprint density at radius 3 is 1.07 bits per heavy atom. The average molecular weight is 1490 g/mol. The third-order valence-electron chi connectivity index (χ3n) is 17.0. The summed E-state index contributed by atoms with van der Waals surface area (Å²) in [6.07, 6.45) is 0. The predicted molar refractivity (Wildman–Crippen MR) is 474 cm³/mol. The third kappa shape index (κ3) is 13.4. The molecule has 2 heterocycles. The maximum Gasteiger partial charge on any atom is 0.0651 e. The number of aromatic nitrogens is 2. The van der Waals surface area contributed by atoms with Gasteiger partial charge in [-0.05, 0) is 199 Å². The number of anilines is 6. The molecule has 20 aromatic rings. The summed E-state index contributed by atoms with van der Waals surface area (Å²) in [5.41, 5.74) is -21.4. The number of benzene rings is 18. The highest BCUT2D eigenvalue weighted by Crippen LogP contribution is 2.47. The molecule has 0 aliphatic carbocycles. The molecule has 0 amide bonds. The predicted octanol–water partition coefficient (Wildman–Crippen LogP) is 29.8. The van der Waals surface area contributed by atoms with Gasteiger partial charge in [0.15, 0.2) is 0 Å². The first kappa shape index (κ1) is 28.0. The van der Waals surface area contributed by atoms with Gasteiger partial charge in [-0.2, -0.15) is 0 Å². The van der Waals surface area contributed by atoms with Gasteiger partial charge >= 0.3 is 0 Å². The van der Waals surface area contributed by atoms with Crippen molar-refractivity contribution in [2.24, 2.45) is 0 Å². The molecule has 0 saturated heterocycles. The van der Waals surface area contributed by atoms with E-state index in [0.29, 0.717) is 25.8 Å². The Kier molecular flexibility index (Phi) is 7.60. The van der Waals surface area contributed by atoms with E-state index in [1.54, 1.807) is 18.2 Å². The van der Waals surface area contributed by atoms with Gasteiger partial charge in [0.05, 0.1) is 121 Å². The van der Waals surface area contributed by atoms with E-state index < -0.39 is 532 Å². The third-order valence-corrected chi connectivity index (χ3v) is 17.0. The van der Waals surface area contributed by atoms with E-state index in [1.165, 1.54) is 6.07 Å². The van der Waals surface area contributed by atoms with Crippen LogP contribution in [0.25, 0.3) is 144 Å². The number of rotatable bonds is 16. The number of fused-ring (bicyclic) bond motifs is 6. The zero-order valence-electron chi connectivity index (χ0n) is 121. The highest BCUT2D eigenvalue weighted by Gasteiger charge is 2.23. The molecular formula is C108H76N4. The molecule has 0 N–H and O–H groups in total. The van der Waals surface area contributed by atoms with E-state index in [-0.39, 0.29) is 10.5 Å². The van der Waals surface area contributed by atoms with Gasteiger partial charge < -0.3 is 18.9 Å². The lowest BCUT2D eigenvalue weighted by Gasteiger charge is -2.28. The van der Waals surface area contributed by atoms with Crippen molar-refractivity contribution in [3.05, 3.63) is 460 Å². The largest absolute Gasteiger partial charge is 0.310 e. The fourth-order valence-electron chi connectivity index (χ4n) is 12.1. The summed E-state index contributed by atoms with van der Waals surface area (Å²) in [4.78, 5) is 0.662. The van der Waals surface area contributed by atoms with Crippen molar-refractivity contribution in [2.75, 3.05) is 9.80 Å². The minimum Gasteiger partial charge on any atom is -0.310 e. The number of hydrogen-bond acceptors (Lipinski definition) is 2. The first-order valence-corrected chi connectivity index (χ1v) is 33.2. The van der Waals surface area contributed by atoms with Gasteiger partial charge in [0.2, 0.25) is 0 Å². The van der Waals surface area contributed by atoms with E-state index >= 15 is 0 Å². The molecule has 2 aromatic heterocycles. The molecule has 0 bridgehead atoms. The minimum atomic E-state index is -1.47. The summed E-state index contributed by atoms with van der Waals surface area (Å²) in [6.45, 7) is 0. The molecule has 0 aliphatic rings. The Morgan fingerprint density at radius 2 is 0.554 bits per heavy atom. The highest BCUT2D eigenvalue weighted by atomic mass is 15.2. The second-order valence-corrected chi connectivity index (χ2v) is 23.4. The Morgan fingerprint density at radius 1 is 0.188 bits per heavy atom.